The number of ether oxygens (including phenoxy) is 1. The lowest BCUT2D eigenvalue weighted by molar-refractivity contribution is -0.156. The minimum atomic E-state index is -0.875. The summed E-state index contributed by atoms with van der Waals surface area (Å²) in [6.07, 6.45) is 0.881. The van der Waals surface area contributed by atoms with Crippen molar-refractivity contribution in [1.82, 2.24) is 0 Å². The molecule has 2 unspecified atom stereocenters. The van der Waals surface area contributed by atoms with E-state index in [9.17, 15) is 14.4 Å². The van der Waals surface area contributed by atoms with Crippen LogP contribution in [0.25, 0.3) is 0 Å². The molecule has 0 N–H and O–H groups in total. The Balaban J connectivity index is 2.61. The molecule has 0 heterocycles. The van der Waals surface area contributed by atoms with Crippen molar-refractivity contribution in [2.45, 2.75) is 26.7 Å². The Bertz CT molecular complexity index is 269. The van der Waals surface area contributed by atoms with Crippen molar-refractivity contribution in [2.75, 3.05) is 6.61 Å². The third-order valence-electron chi connectivity index (χ3n) is 2.37. The molecule has 14 heavy (non-hydrogen) atoms. The number of ketones is 2. The Morgan fingerprint density at radius 2 is 2.14 bits per heavy atom. The summed E-state index contributed by atoms with van der Waals surface area (Å²) in [4.78, 5) is 33.8. The summed E-state index contributed by atoms with van der Waals surface area (Å²) in [6.45, 7) is 3.70. The molecule has 1 saturated carbocycles. The molecule has 78 valence electrons. The van der Waals surface area contributed by atoms with Crippen molar-refractivity contribution in [3.8, 4) is 0 Å². The van der Waals surface area contributed by atoms with Crippen molar-refractivity contribution in [3.05, 3.63) is 0 Å². The average Bonchev–Trinajstić information content (AvgIpc) is 2.44. The molecule has 0 aliphatic heterocycles. The van der Waals surface area contributed by atoms with Crippen molar-refractivity contribution in [3.63, 3.8) is 0 Å². The maximum Gasteiger partial charge on any atom is 0.375 e. The third-order valence-corrected chi connectivity index (χ3v) is 2.37. The van der Waals surface area contributed by atoms with E-state index in [0.29, 0.717) is 12.8 Å². The number of Topliss-reactive ketones (excluding diaryl/α,β-unsaturated/α-hetero) is 2. The summed E-state index contributed by atoms with van der Waals surface area (Å²) in [6, 6.07) is 0. The summed E-state index contributed by atoms with van der Waals surface area (Å²) in [5, 5.41) is 0. The molecule has 0 spiro atoms. The zero-order valence-corrected chi connectivity index (χ0v) is 8.41. The second-order valence-electron chi connectivity index (χ2n) is 3.65. The first-order chi connectivity index (χ1) is 6.56. The van der Waals surface area contributed by atoms with E-state index in [-0.39, 0.29) is 18.3 Å². The molecule has 1 aliphatic carbocycles. The number of carbonyl (C=O) groups is 3. The fourth-order valence-electron chi connectivity index (χ4n) is 1.70. The highest BCUT2D eigenvalue weighted by Crippen LogP contribution is 2.28. The molecule has 4 heteroatoms. The fraction of sp³-hybridized carbons (Fsp3) is 0.700. The van der Waals surface area contributed by atoms with Crippen LogP contribution in [-0.2, 0) is 19.1 Å². The van der Waals surface area contributed by atoms with Crippen LogP contribution in [0, 0.1) is 11.8 Å². The van der Waals surface area contributed by atoms with Gasteiger partial charge in [-0.15, -0.1) is 0 Å². The Labute approximate surface area is 82.6 Å². The number of rotatable bonds is 3. The molecule has 1 rings (SSSR count). The maximum absolute atomic E-state index is 11.4. The summed E-state index contributed by atoms with van der Waals surface area (Å²) in [7, 11) is 0. The largest absolute Gasteiger partial charge is 0.460 e. The lowest BCUT2D eigenvalue weighted by atomic mass is 10.0. The minimum absolute atomic E-state index is 0.129. The molecule has 2 atom stereocenters. The highest BCUT2D eigenvalue weighted by atomic mass is 16.5. The van der Waals surface area contributed by atoms with Gasteiger partial charge in [-0.1, -0.05) is 6.92 Å². The van der Waals surface area contributed by atoms with Crippen LogP contribution in [0.4, 0.5) is 0 Å². The van der Waals surface area contributed by atoms with Crippen LogP contribution < -0.4 is 0 Å². The van der Waals surface area contributed by atoms with Gasteiger partial charge in [0.05, 0.1) is 12.5 Å². The molecule has 0 aromatic carbocycles. The van der Waals surface area contributed by atoms with E-state index in [1.54, 1.807) is 6.92 Å². The van der Waals surface area contributed by atoms with E-state index in [0.717, 1.165) is 0 Å². The van der Waals surface area contributed by atoms with E-state index >= 15 is 0 Å². The van der Waals surface area contributed by atoms with Gasteiger partial charge in [-0.05, 0) is 19.3 Å². The zero-order chi connectivity index (χ0) is 10.7. The maximum atomic E-state index is 11.4. The molecule has 0 bridgehead atoms. The molecular formula is C10H14O4. The first kappa shape index (κ1) is 10.9. The summed E-state index contributed by atoms with van der Waals surface area (Å²) in [5.74, 6) is -2.23. The highest BCUT2D eigenvalue weighted by molar-refractivity contribution is 6.38. The van der Waals surface area contributed by atoms with Crippen LogP contribution in [0.15, 0.2) is 0 Å². The van der Waals surface area contributed by atoms with E-state index in [1.165, 1.54) is 0 Å². The monoisotopic (exact) mass is 198 g/mol. The molecule has 0 amide bonds. The molecule has 0 aromatic heterocycles. The number of hydrogen-bond acceptors (Lipinski definition) is 4. The summed E-state index contributed by atoms with van der Waals surface area (Å²) < 4.78 is 4.56. The molecule has 0 radical (unpaired) electrons. The summed E-state index contributed by atoms with van der Waals surface area (Å²) in [5.41, 5.74) is 0. The van der Waals surface area contributed by atoms with Gasteiger partial charge in [-0.3, -0.25) is 9.59 Å². The van der Waals surface area contributed by atoms with Crippen LogP contribution in [0.1, 0.15) is 26.7 Å². The second kappa shape index (κ2) is 4.35. The first-order valence-corrected chi connectivity index (χ1v) is 4.80. The summed E-state index contributed by atoms with van der Waals surface area (Å²) >= 11 is 0. The fourth-order valence-corrected chi connectivity index (χ4v) is 1.70. The highest BCUT2D eigenvalue weighted by Gasteiger charge is 2.38. The molecule has 4 nitrogen and oxygen atoms in total. The van der Waals surface area contributed by atoms with Gasteiger partial charge < -0.3 is 4.74 Å². The Hall–Kier alpha value is -1.19. The number of esters is 1. The van der Waals surface area contributed by atoms with E-state index in [4.69, 9.17) is 0 Å². The topological polar surface area (TPSA) is 60.4 Å². The van der Waals surface area contributed by atoms with Crippen molar-refractivity contribution < 1.29 is 19.1 Å². The van der Waals surface area contributed by atoms with Gasteiger partial charge in [-0.25, -0.2) is 4.79 Å². The van der Waals surface area contributed by atoms with Crippen LogP contribution >= 0.6 is 0 Å². The van der Waals surface area contributed by atoms with Crippen molar-refractivity contribution in [1.29, 1.82) is 0 Å². The van der Waals surface area contributed by atoms with Crippen LogP contribution in [0.2, 0.25) is 0 Å². The van der Waals surface area contributed by atoms with Gasteiger partial charge in [-0.2, -0.15) is 0 Å². The number of carbonyl (C=O) groups excluding carboxylic acids is 3. The average molecular weight is 198 g/mol. The van der Waals surface area contributed by atoms with Gasteiger partial charge in [0, 0.05) is 6.42 Å². The van der Waals surface area contributed by atoms with Gasteiger partial charge in [0.15, 0.2) is 0 Å². The lowest BCUT2D eigenvalue weighted by Crippen LogP contribution is -2.28. The lowest BCUT2D eigenvalue weighted by Gasteiger charge is -2.05. The van der Waals surface area contributed by atoms with E-state index in [1.807, 2.05) is 6.92 Å². The van der Waals surface area contributed by atoms with Crippen LogP contribution in [0.3, 0.4) is 0 Å². The molecule has 1 aliphatic rings. The minimum Gasteiger partial charge on any atom is -0.460 e. The van der Waals surface area contributed by atoms with E-state index < -0.39 is 17.7 Å². The Morgan fingerprint density at radius 3 is 2.57 bits per heavy atom. The molecule has 0 aromatic rings. The normalized spacial score (nSPS) is 26.3. The van der Waals surface area contributed by atoms with Crippen LogP contribution in [-0.4, -0.2) is 24.1 Å². The quantitative estimate of drug-likeness (QED) is 0.381. The van der Waals surface area contributed by atoms with Gasteiger partial charge >= 0.3 is 5.97 Å². The van der Waals surface area contributed by atoms with Crippen LogP contribution in [0.5, 0.6) is 0 Å². The predicted molar refractivity (Wildman–Crippen MR) is 48.5 cm³/mol. The predicted octanol–water partition coefficient (Wildman–Crippen LogP) is 0.734. The van der Waals surface area contributed by atoms with Crippen molar-refractivity contribution in [2.24, 2.45) is 11.8 Å². The standard InChI is InChI=1S/C10H14O4/c1-3-14-10(13)9(12)7-4-6(2)5-8(7)11/h6-7H,3-5H2,1-2H3. The van der Waals surface area contributed by atoms with Gasteiger partial charge in [0.1, 0.15) is 5.78 Å². The van der Waals surface area contributed by atoms with Gasteiger partial charge in [0.2, 0.25) is 5.78 Å². The Morgan fingerprint density at radius 1 is 1.50 bits per heavy atom. The SMILES string of the molecule is CCOC(=O)C(=O)C1CC(C)CC1=O. The van der Waals surface area contributed by atoms with Gasteiger partial charge in [0.25, 0.3) is 0 Å². The third kappa shape index (κ3) is 2.19. The number of hydrogen-bond donors (Lipinski definition) is 0. The Kier molecular flexibility index (Phi) is 3.38. The van der Waals surface area contributed by atoms with E-state index in [2.05, 4.69) is 4.74 Å². The van der Waals surface area contributed by atoms with Crippen molar-refractivity contribution >= 4 is 17.5 Å². The molecular weight excluding hydrogens is 184 g/mol. The second-order valence-corrected chi connectivity index (χ2v) is 3.65. The smallest absolute Gasteiger partial charge is 0.375 e. The molecule has 1 fully saturated rings. The first-order valence-electron chi connectivity index (χ1n) is 4.80. The zero-order valence-electron chi connectivity index (χ0n) is 8.41. The molecule has 0 saturated heterocycles.